The van der Waals surface area contributed by atoms with Gasteiger partial charge in [0.25, 0.3) is 0 Å². The van der Waals surface area contributed by atoms with Gasteiger partial charge in [0.05, 0.1) is 5.97 Å². The molecule has 0 radical (unpaired) electrons. The Labute approximate surface area is 100.0 Å². The van der Waals surface area contributed by atoms with Crippen LogP contribution in [0.2, 0.25) is 0 Å². The third kappa shape index (κ3) is 6.14. The van der Waals surface area contributed by atoms with Gasteiger partial charge < -0.3 is 15.2 Å². The lowest BCUT2D eigenvalue weighted by Crippen LogP contribution is -2.24. The summed E-state index contributed by atoms with van der Waals surface area (Å²) in [7, 11) is 0. The number of carbonyl (C=O) groups is 2. The van der Waals surface area contributed by atoms with E-state index in [1.54, 1.807) is 0 Å². The van der Waals surface area contributed by atoms with Crippen LogP contribution >= 0.6 is 0 Å². The molecule has 0 aliphatic carbocycles. The minimum Gasteiger partial charge on any atom is -0.545 e. The Kier molecular flexibility index (Phi) is 5.51. The van der Waals surface area contributed by atoms with Crippen molar-refractivity contribution >= 4 is 11.9 Å². The summed E-state index contributed by atoms with van der Waals surface area (Å²) in [4.78, 5) is 21.1. The van der Waals surface area contributed by atoms with Crippen molar-refractivity contribution in [2.45, 2.75) is 12.8 Å². The fourth-order valence-electron chi connectivity index (χ4n) is 1.35. The minimum absolute atomic E-state index is 0.415. The fraction of sp³-hybridized carbons (Fsp3) is 0.231. The lowest BCUT2D eigenvalue weighted by Gasteiger charge is -2.02. The number of nitrogens with one attached hydrogen (secondary N) is 1. The molecule has 4 heteroatoms. The SMILES string of the molecule is O=C([O-])/C=C/C(=O)NCCCc1ccccc1. The highest BCUT2D eigenvalue weighted by Gasteiger charge is 1.95. The van der Waals surface area contributed by atoms with Crippen molar-refractivity contribution < 1.29 is 14.7 Å². The van der Waals surface area contributed by atoms with Crippen molar-refractivity contribution in [3.05, 3.63) is 48.0 Å². The molecule has 0 spiro atoms. The topological polar surface area (TPSA) is 69.2 Å². The Morgan fingerprint density at radius 3 is 2.53 bits per heavy atom. The van der Waals surface area contributed by atoms with Crippen LogP contribution in [-0.4, -0.2) is 18.4 Å². The third-order valence-electron chi connectivity index (χ3n) is 2.16. The van der Waals surface area contributed by atoms with E-state index in [-0.39, 0.29) is 0 Å². The van der Waals surface area contributed by atoms with Gasteiger partial charge in [-0.25, -0.2) is 0 Å². The minimum atomic E-state index is -1.37. The molecular weight excluding hydrogens is 218 g/mol. The number of aliphatic carboxylic acids is 1. The van der Waals surface area contributed by atoms with Gasteiger partial charge in [0, 0.05) is 12.6 Å². The Morgan fingerprint density at radius 1 is 1.18 bits per heavy atom. The monoisotopic (exact) mass is 232 g/mol. The highest BCUT2D eigenvalue weighted by atomic mass is 16.4. The van der Waals surface area contributed by atoms with Crippen LogP contribution in [0.5, 0.6) is 0 Å². The zero-order chi connectivity index (χ0) is 12.5. The van der Waals surface area contributed by atoms with Gasteiger partial charge in [0.15, 0.2) is 0 Å². The number of carbonyl (C=O) groups excluding carboxylic acids is 2. The summed E-state index contributed by atoms with van der Waals surface area (Å²) in [5.41, 5.74) is 1.21. The standard InChI is InChI=1S/C13H15NO3/c15-12(8-9-13(16)17)14-10-4-7-11-5-2-1-3-6-11/h1-3,5-6,8-9H,4,7,10H2,(H,14,15)(H,16,17)/p-1/b9-8+. The van der Waals surface area contributed by atoms with Gasteiger partial charge in [-0.15, -0.1) is 0 Å². The Morgan fingerprint density at radius 2 is 1.88 bits per heavy atom. The van der Waals surface area contributed by atoms with Crippen LogP contribution in [0, 0.1) is 0 Å². The highest BCUT2D eigenvalue weighted by Crippen LogP contribution is 2.01. The average Bonchev–Trinajstić information content (AvgIpc) is 2.33. The van der Waals surface area contributed by atoms with Crippen molar-refractivity contribution in [3.63, 3.8) is 0 Å². The number of aryl methyl sites for hydroxylation is 1. The van der Waals surface area contributed by atoms with E-state index in [4.69, 9.17) is 0 Å². The first-order chi connectivity index (χ1) is 8.18. The highest BCUT2D eigenvalue weighted by molar-refractivity contribution is 5.93. The Bertz CT molecular complexity index is 398. The van der Waals surface area contributed by atoms with Crippen LogP contribution in [0.3, 0.4) is 0 Å². The van der Waals surface area contributed by atoms with Crippen LogP contribution in [0.4, 0.5) is 0 Å². The number of carboxylic acid groups (broad SMARTS) is 1. The molecule has 0 aliphatic rings. The molecule has 0 heterocycles. The lowest BCUT2D eigenvalue weighted by molar-refractivity contribution is -0.297. The number of hydrogen-bond acceptors (Lipinski definition) is 3. The maximum atomic E-state index is 11.1. The molecule has 17 heavy (non-hydrogen) atoms. The van der Waals surface area contributed by atoms with Crippen LogP contribution in [0.15, 0.2) is 42.5 Å². The van der Waals surface area contributed by atoms with E-state index in [2.05, 4.69) is 5.32 Å². The summed E-state index contributed by atoms with van der Waals surface area (Å²) < 4.78 is 0. The van der Waals surface area contributed by atoms with Crippen molar-refractivity contribution in [3.8, 4) is 0 Å². The van der Waals surface area contributed by atoms with Crippen LogP contribution in [-0.2, 0) is 16.0 Å². The fourth-order valence-corrected chi connectivity index (χ4v) is 1.35. The molecule has 0 saturated carbocycles. The average molecular weight is 232 g/mol. The van der Waals surface area contributed by atoms with Crippen molar-refractivity contribution in [1.82, 2.24) is 5.32 Å². The molecule has 0 aliphatic heterocycles. The smallest absolute Gasteiger partial charge is 0.244 e. The molecule has 0 bridgehead atoms. The van der Waals surface area contributed by atoms with Gasteiger partial charge in [0.2, 0.25) is 5.91 Å². The molecule has 1 rings (SSSR count). The number of amides is 1. The van der Waals surface area contributed by atoms with Gasteiger partial charge in [-0.05, 0) is 24.5 Å². The predicted octanol–water partition coefficient (Wildman–Crippen LogP) is 0.0415. The van der Waals surface area contributed by atoms with Crippen molar-refractivity contribution in [2.75, 3.05) is 6.54 Å². The summed E-state index contributed by atoms with van der Waals surface area (Å²) in [5, 5.41) is 12.6. The second kappa shape index (κ2) is 7.22. The van der Waals surface area contributed by atoms with Crippen LogP contribution in [0.25, 0.3) is 0 Å². The Balaban J connectivity index is 2.16. The number of carboxylic acids is 1. The molecule has 1 amide bonds. The van der Waals surface area contributed by atoms with E-state index in [0.717, 1.165) is 18.9 Å². The Hall–Kier alpha value is -2.10. The molecule has 1 N–H and O–H groups in total. The number of benzene rings is 1. The molecule has 1 aromatic rings. The number of hydrogen-bond donors (Lipinski definition) is 1. The van der Waals surface area contributed by atoms with Crippen LogP contribution < -0.4 is 10.4 Å². The maximum Gasteiger partial charge on any atom is 0.244 e. The predicted molar refractivity (Wildman–Crippen MR) is 61.9 cm³/mol. The second-order valence-electron chi connectivity index (χ2n) is 3.53. The van der Waals surface area contributed by atoms with Crippen LogP contribution in [0.1, 0.15) is 12.0 Å². The molecule has 90 valence electrons. The quantitative estimate of drug-likeness (QED) is 0.556. The van der Waals surface area contributed by atoms with E-state index in [1.807, 2.05) is 30.3 Å². The van der Waals surface area contributed by atoms with Gasteiger partial charge in [-0.3, -0.25) is 4.79 Å². The van der Waals surface area contributed by atoms with E-state index in [0.29, 0.717) is 12.6 Å². The van der Waals surface area contributed by atoms with E-state index >= 15 is 0 Å². The summed E-state index contributed by atoms with van der Waals surface area (Å²) in [5.74, 6) is -1.79. The van der Waals surface area contributed by atoms with E-state index < -0.39 is 11.9 Å². The van der Waals surface area contributed by atoms with E-state index in [1.165, 1.54) is 5.56 Å². The normalized spacial score (nSPS) is 10.4. The molecule has 0 unspecified atom stereocenters. The zero-order valence-electron chi connectivity index (χ0n) is 9.39. The molecular formula is C13H14NO3-. The number of rotatable bonds is 6. The first kappa shape index (κ1) is 13.0. The van der Waals surface area contributed by atoms with Gasteiger partial charge in [-0.2, -0.15) is 0 Å². The largest absolute Gasteiger partial charge is 0.545 e. The summed E-state index contributed by atoms with van der Waals surface area (Å²) in [6.45, 7) is 0.519. The molecule has 0 fully saturated rings. The molecule has 1 aromatic carbocycles. The summed E-state index contributed by atoms with van der Waals surface area (Å²) in [6.07, 6.45) is 3.37. The van der Waals surface area contributed by atoms with E-state index in [9.17, 15) is 14.7 Å². The maximum absolute atomic E-state index is 11.1. The summed E-state index contributed by atoms with van der Waals surface area (Å²) >= 11 is 0. The molecule has 4 nitrogen and oxygen atoms in total. The van der Waals surface area contributed by atoms with Crippen molar-refractivity contribution in [2.24, 2.45) is 0 Å². The zero-order valence-corrected chi connectivity index (χ0v) is 9.39. The first-order valence-corrected chi connectivity index (χ1v) is 5.39. The van der Waals surface area contributed by atoms with Crippen molar-refractivity contribution in [1.29, 1.82) is 0 Å². The van der Waals surface area contributed by atoms with Gasteiger partial charge >= 0.3 is 0 Å². The lowest BCUT2D eigenvalue weighted by atomic mass is 10.1. The molecule has 0 aromatic heterocycles. The molecule has 0 atom stereocenters. The van der Waals surface area contributed by atoms with Gasteiger partial charge in [0.1, 0.15) is 0 Å². The third-order valence-corrected chi connectivity index (χ3v) is 2.16. The van der Waals surface area contributed by atoms with Gasteiger partial charge in [-0.1, -0.05) is 30.3 Å². The first-order valence-electron chi connectivity index (χ1n) is 5.39. The molecule has 0 saturated heterocycles. The second-order valence-corrected chi connectivity index (χ2v) is 3.53. The summed E-state index contributed by atoms with van der Waals surface area (Å²) in [6, 6.07) is 9.94.